The van der Waals surface area contributed by atoms with Crippen LogP contribution >= 0.6 is 0 Å². The zero-order valence-corrected chi connectivity index (χ0v) is 10.7. The minimum atomic E-state index is -0.242. The van der Waals surface area contributed by atoms with E-state index in [4.69, 9.17) is 9.47 Å². The third-order valence-electron chi connectivity index (χ3n) is 2.72. The van der Waals surface area contributed by atoms with Crippen LogP contribution in [0, 0.1) is 11.8 Å². The second-order valence-corrected chi connectivity index (χ2v) is 5.53. The van der Waals surface area contributed by atoms with E-state index in [1.54, 1.807) is 0 Å². The van der Waals surface area contributed by atoms with Crippen molar-refractivity contribution in [1.29, 1.82) is 0 Å². The number of rotatable bonds is 6. The molecule has 0 amide bonds. The molecular formula is C13H26O2. The van der Waals surface area contributed by atoms with Crippen LogP contribution in [0.3, 0.4) is 0 Å². The summed E-state index contributed by atoms with van der Waals surface area (Å²) in [4.78, 5) is 0. The Bertz CT molecular complexity index is 155. The van der Waals surface area contributed by atoms with Crippen LogP contribution in [0.5, 0.6) is 0 Å². The monoisotopic (exact) mass is 214 g/mol. The van der Waals surface area contributed by atoms with Gasteiger partial charge in [-0.15, -0.1) is 0 Å². The lowest BCUT2D eigenvalue weighted by molar-refractivity contribution is -0.240. The van der Waals surface area contributed by atoms with Crippen LogP contribution in [0.4, 0.5) is 0 Å². The van der Waals surface area contributed by atoms with Crippen molar-refractivity contribution in [3.63, 3.8) is 0 Å². The van der Waals surface area contributed by atoms with Crippen molar-refractivity contribution in [2.24, 2.45) is 11.8 Å². The summed E-state index contributed by atoms with van der Waals surface area (Å²) >= 11 is 0. The first-order valence-electron chi connectivity index (χ1n) is 6.32. The third-order valence-corrected chi connectivity index (χ3v) is 2.72. The van der Waals surface area contributed by atoms with Gasteiger partial charge in [-0.05, 0) is 24.7 Å². The molecule has 0 aromatic heterocycles. The number of ether oxygens (including phenoxy) is 2. The molecule has 0 aromatic carbocycles. The summed E-state index contributed by atoms with van der Waals surface area (Å²) in [6, 6.07) is 0. The summed E-state index contributed by atoms with van der Waals surface area (Å²) in [5.41, 5.74) is 0. The van der Waals surface area contributed by atoms with E-state index in [2.05, 4.69) is 27.7 Å². The quantitative estimate of drug-likeness (QED) is 0.629. The number of hydrogen-bond donors (Lipinski definition) is 0. The molecule has 2 heteroatoms. The van der Waals surface area contributed by atoms with Gasteiger partial charge >= 0.3 is 0 Å². The Balaban J connectivity index is 2.39. The highest BCUT2D eigenvalue weighted by molar-refractivity contribution is 4.78. The van der Waals surface area contributed by atoms with Gasteiger partial charge in [-0.25, -0.2) is 0 Å². The molecule has 0 spiro atoms. The Kier molecular flexibility index (Phi) is 5.07. The summed E-state index contributed by atoms with van der Waals surface area (Å²) in [5, 5.41) is 0. The molecule has 0 unspecified atom stereocenters. The average molecular weight is 214 g/mol. The smallest absolute Gasteiger partial charge is 0.168 e. The van der Waals surface area contributed by atoms with Gasteiger partial charge in [0.05, 0.1) is 13.2 Å². The van der Waals surface area contributed by atoms with Crippen molar-refractivity contribution in [1.82, 2.24) is 0 Å². The molecule has 15 heavy (non-hydrogen) atoms. The Labute approximate surface area is 94.3 Å². The summed E-state index contributed by atoms with van der Waals surface area (Å²) in [5.74, 6) is 0.935. The molecule has 1 saturated carbocycles. The van der Waals surface area contributed by atoms with Gasteiger partial charge < -0.3 is 9.47 Å². The maximum atomic E-state index is 5.98. The fourth-order valence-electron chi connectivity index (χ4n) is 1.88. The largest absolute Gasteiger partial charge is 0.350 e. The van der Waals surface area contributed by atoms with Gasteiger partial charge in [-0.1, -0.05) is 27.7 Å². The lowest BCUT2D eigenvalue weighted by atomic mass is 10.2. The maximum Gasteiger partial charge on any atom is 0.168 e. The highest BCUT2D eigenvalue weighted by Crippen LogP contribution is 2.35. The Hall–Kier alpha value is -0.0800. The van der Waals surface area contributed by atoms with E-state index < -0.39 is 0 Å². The standard InChI is InChI=1S/C13H26O2/c1-11(2)9-14-13(7-5-6-8-13)15-10-12(3)4/h11-12H,5-10H2,1-4H3. The minimum absolute atomic E-state index is 0.242. The highest BCUT2D eigenvalue weighted by atomic mass is 16.7. The summed E-state index contributed by atoms with van der Waals surface area (Å²) < 4.78 is 12.0. The summed E-state index contributed by atoms with van der Waals surface area (Å²) in [7, 11) is 0. The van der Waals surface area contributed by atoms with E-state index >= 15 is 0 Å². The Morgan fingerprint density at radius 3 is 1.60 bits per heavy atom. The molecule has 0 radical (unpaired) electrons. The van der Waals surface area contributed by atoms with Crippen molar-refractivity contribution in [3.05, 3.63) is 0 Å². The van der Waals surface area contributed by atoms with Crippen LogP contribution in [0.2, 0.25) is 0 Å². The molecule has 1 fully saturated rings. The van der Waals surface area contributed by atoms with Crippen LogP contribution in [-0.4, -0.2) is 19.0 Å². The molecule has 0 aliphatic heterocycles. The SMILES string of the molecule is CC(C)COC1(OCC(C)C)CCCC1. The average Bonchev–Trinajstić information content (AvgIpc) is 2.61. The zero-order valence-electron chi connectivity index (χ0n) is 10.7. The lowest BCUT2D eigenvalue weighted by Crippen LogP contribution is -2.35. The molecule has 1 aliphatic carbocycles. The topological polar surface area (TPSA) is 18.5 Å². The van der Waals surface area contributed by atoms with Crippen molar-refractivity contribution < 1.29 is 9.47 Å². The molecule has 1 aliphatic rings. The molecule has 0 saturated heterocycles. The van der Waals surface area contributed by atoms with Crippen LogP contribution in [0.25, 0.3) is 0 Å². The second kappa shape index (κ2) is 5.86. The predicted molar refractivity (Wildman–Crippen MR) is 62.8 cm³/mol. The molecule has 90 valence electrons. The van der Waals surface area contributed by atoms with Gasteiger partial charge in [0.1, 0.15) is 0 Å². The van der Waals surface area contributed by atoms with Gasteiger partial charge in [0, 0.05) is 12.8 Å². The van der Waals surface area contributed by atoms with Crippen LogP contribution < -0.4 is 0 Å². The van der Waals surface area contributed by atoms with E-state index in [-0.39, 0.29) is 5.79 Å². The molecule has 2 nitrogen and oxygen atoms in total. The van der Waals surface area contributed by atoms with Gasteiger partial charge in [0.2, 0.25) is 0 Å². The molecule has 0 bridgehead atoms. The highest BCUT2D eigenvalue weighted by Gasteiger charge is 2.36. The zero-order chi connectivity index (χ0) is 11.3. The first-order chi connectivity index (χ1) is 7.04. The lowest BCUT2D eigenvalue weighted by Gasteiger charge is -2.31. The van der Waals surface area contributed by atoms with E-state index in [1.807, 2.05) is 0 Å². The summed E-state index contributed by atoms with van der Waals surface area (Å²) in [6.45, 7) is 10.4. The Morgan fingerprint density at radius 2 is 1.27 bits per heavy atom. The van der Waals surface area contributed by atoms with Crippen molar-refractivity contribution in [2.45, 2.75) is 59.2 Å². The number of hydrogen-bond acceptors (Lipinski definition) is 2. The van der Waals surface area contributed by atoms with Gasteiger partial charge in [0.25, 0.3) is 0 Å². The molecule has 0 aromatic rings. The minimum Gasteiger partial charge on any atom is -0.350 e. The third kappa shape index (κ3) is 4.52. The molecule has 0 atom stereocenters. The maximum absolute atomic E-state index is 5.98. The van der Waals surface area contributed by atoms with Crippen LogP contribution in [-0.2, 0) is 9.47 Å². The van der Waals surface area contributed by atoms with E-state index in [0.29, 0.717) is 11.8 Å². The van der Waals surface area contributed by atoms with Crippen LogP contribution in [0.15, 0.2) is 0 Å². The van der Waals surface area contributed by atoms with E-state index in [0.717, 1.165) is 26.1 Å². The van der Waals surface area contributed by atoms with Gasteiger partial charge in [-0.2, -0.15) is 0 Å². The predicted octanol–water partition coefficient (Wildman–Crippen LogP) is 3.60. The second-order valence-electron chi connectivity index (χ2n) is 5.53. The fourth-order valence-corrected chi connectivity index (χ4v) is 1.88. The molecule has 1 rings (SSSR count). The van der Waals surface area contributed by atoms with Gasteiger partial charge in [-0.3, -0.25) is 0 Å². The van der Waals surface area contributed by atoms with E-state index in [1.165, 1.54) is 12.8 Å². The molecular weight excluding hydrogens is 188 g/mol. The molecule has 0 heterocycles. The normalized spacial score (nSPS) is 20.4. The van der Waals surface area contributed by atoms with Crippen LogP contribution in [0.1, 0.15) is 53.4 Å². The van der Waals surface area contributed by atoms with E-state index in [9.17, 15) is 0 Å². The van der Waals surface area contributed by atoms with Crippen molar-refractivity contribution in [3.8, 4) is 0 Å². The van der Waals surface area contributed by atoms with Gasteiger partial charge in [0.15, 0.2) is 5.79 Å². The first-order valence-corrected chi connectivity index (χ1v) is 6.32. The first kappa shape index (κ1) is 13.0. The summed E-state index contributed by atoms with van der Waals surface area (Å²) in [6.07, 6.45) is 4.64. The van der Waals surface area contributed by atoms with Crippen molar-refractivity contribution in [2.75, 3.05) is 13.2 Å². The molecule has 0 N–H and O–H groups in total. The Morgan fingerprint density at radius 1 is 0.867 bits per heavy atom. The van der Waals surface area contributed by atoms with Crippen molar-refractivity contribution >= 4 is 0 Å². The fraction of sp³-hybridized carbons (Fsp3) is 1.00.